The number of carboxylic acids is 1. The van der Waals surface area contributed by atoms with Crippen molar-refractivity contribution in [2.45, 2.75) is 25.7 Å². The molecule has 0 amide bonds. The lowest BCUT2D eigenvalue weighted by molar-refractivity contribution is -0.143. The van der Waals surface area contributed by atoms with Crippen molar-refractivity contribution in [2.75, 3.05) is 18.5 Å². The van der Waals surface area contributed by atoms with Crippen molar-refractivity contribution in [2.24, 2.45) is 11.8 Å². The average molecular weight is 326 g/mol. The van der Waals surface area contributed by atoms with Gasteiger partial charge < -0.3 is 10.0 Å². The van der Waals surface area contributed by atoms with Crippen LogP contribution in [-0.4, -0.2) is 24.7 Å². The minimum absolute atomic E-state index is 0.116. The van der Waals surface area contributed by atoms with Crippen LogP contribution < -0.4 is 4.90 Å². The Hall–Kier alpha value is -1.03. The van der Waals surface area contributed by atoms with Gasteiger partial charge in [0.05, 0.1) is 5.92 Å². The molecule has 1 N–H and O–H groups in total. The van der Waals surface area contributed by atoms with E-state index < -0.39 is 5.97 Å². The molecule has 2 rings (SSSR count). The molecule has 0 aromatic heterocycles. The molecule has 19 heavy (non-hydrogen) atoms. The quantitative estimate of drug-likeness (QED) is 0.915. The summed E-state index contributed by atoms with van der Waals surface area (Å²) in [6.45, 7) is 1.01. The zero-order chi connectivity index (χ0) is 13.8. The van der Waals surface area contributed by atoms with Crippen LogP contribution in [0.5, 0.6) is 0 Å². The van der Waals surface area contributed by atoms with Gasteiger partial charge in [0.25, 0.3) is 0 Å². The molecule has 0 bridgehead atoms. The molecule has 0 saturated heterocycles. The molecular formula is C15H20BrNO2. The van der Waals surface area contributed by atoms with Crippen LogP contribution in [-0.2, 0) is 4.79 Å². The Kier molecular flexibility index (Phi) is 4.86. The van der Waals surface area contributed by atoms with Gasteiger partial charge >= 0.3 is 5.97 Å². The van der Waals surface area contributed by atoms with E-state index in [1.54, 1.807) is 0 Å². The lowest BCUT2D eigenvalue weighted by Crippen LogP contribution is -2.30. The fourth-order valence-corrected chi connectivity index (χ4v) is 3.04. The summed E-state index contributed by atoms with van der Waals surface area (Å²) >= 11 is 3.44. The Labute approximate surface area is 122 Å². The summed E-state index contributed by atoms with van der Waals surface area (Å²) in [5, 5.41) is 9.00. The molecule has 3 nitrogen and oxygen atoms in total. The molecule has 1 fully saturated rings. The highest BCUT2D eigenvalue weighted by atomic mass is 79.9. The summed E-state index contributed by atoms with van der Waals surface area (Å²) in [5.74, 6) is -0.127. The van der Waals surface area contributed by atoms with Crippen LogP contribution >= 0.6 is 15.9 Å². The van der Waals surface area contributed by atoms with Gasteiger partial charge in [-0.1, -0.05) is 15.9 Å². The second-order valence-electron chi connectivity index (χ2n) is 5.41. The molecule has 0 heterocycles. The van der Waals surface area contributed by atoms with Gasteiger partial charge in [0.15, 0.2) is 0 Å². The monoisotopic (exact) mass is 325 g/mol. The minimum atomic E-state index is -0.625. The Bertz CT molecular complexity index is 424. The van der Waals surface area contributed by atoms with Gasteiger partial charge in [-0.3, -0.25) is 4.79 Å². The number of anilines is 1. The van der Waals surface area contributed by atoms with Gasteiger partial charge in [-0.05, 0) is 55.9 Å². The number of aliphatic carboxylic acids is 1. The smallest absolute Gasteiger partial charge is 0.306 e. The number of hydrogen-bond donors (Lipinski definition) is 1. The number of nitrogens with zero attached hydrogens (tertiary/aromatic N) is 1. The molecule has 0 unspecified atom stereocenters. The average Bonchev–Trinajstić information content (AvgIpc) is 2.40. The largest absolute Gasteiger partial charge is 0.481 e. The Balaban J connectivity index is 1.85. The molecule has 4 heteroatoms. The summed E-state index contributed by atoms with van der Waals surface area (Å²) in [5.41, 5.74) is 1.21. The van der Waals surface area contributed by atoms with Gasteiger partial charge in [-0.2, -0.15) is 0 Å². The third-order valence-corrected chi connectivity index (χ3v) is 4.52. The Morgan fingerprint density at radius 3 is 2.37 bits per heavy atom. The Morgan fingerprint density at radius 2 is 1.84 bits per heavy atom. The van der Waals surface area contributed by atoms with E-state index in [1.807, 2.05) is 12.1 Å². The molecule has 104 valence electrons. The molecule has 1 aromatic rings. The molecule has 0 spiro atoms. The zero-order valence-corrected chi connectivity index (χ0v) is 12.8. The number of carbonyl (C=O) groups is 1. The third kappa shape index (κ3) is 3.96. The number of carboxylic acid groups (broad SMARTS) is 1. The van der Waals surface area contributed by atoms with Gasteiger partial charge in [0, 0.05) is 23.8 Å². The normalized spacial score (nSPS) is 23.1. The first-order chi connectivity index (χ1) is 9.06. The van der Waals surface area contributed by atoms with Crippen LogP contribution in [0, 0.1) is 11.8 Å². The number of rotatable bonds is 4. The van der Waals surface area contributed by atoms with Crippen LogP contribution in [0.25, 0.3) is 0 Å². The highest BCUT2D eigenvalue weighted by Gasteiger charge is 2.26. The summed E-state index contributed by atoms with van der Waals surface area (Å²) in [4.78, 5) is 13.2. The van der Waals surface area contributed by atoms with Crippen LogP contribution in [0.1, 0.15) is 25.7 Å². The van der Waals surface area contributed by atoms with E-state index in [4.69, 9.17) is 5.11 Å². The maximum Gasteiger partial charge on any atom is 0.306 e. The van der Waals surface area contributed by atoms with Gasteiger partial charge in [-0.15, -0.1) is 0 Å². The first-order valence-electron chi connectivity index (χ1n) is 6.76. The van der Waals surface area contributed by atoms with E-state index in [-0.39, 0.29) is 5.92 Å². The van der Waals surface area contributed by atoms with Crippen molar-refractivity contribution in [1.29, 1.82) is 0 Å². The highest BCUT2D eigenvalue weighted by Crippen LogP contribution is 2.30. The molecule has 0 radical (unpaired) electrons. The summed E-state index contributed by atoms with van der Waals surface area (Å²) in [6, 6.07) is 8.31. The fraction of sp³-hybridized carbons (Fsp3) is 0.533. The van der Waals surface area contributed by atoms with Crippen molar-refractivity contribution in [3.63, 3.8) is 0 Å². The van der Waals surface area contributed by atoms with Crippen molar-refractivity contribution < 1.29 is 9.90 Å². The fourth-order valence-electron chi connectivity index (χ4n) is 2.78. The van der Waals surface area contributed by atoms with Crippen molar-refractivity contribution in [3.05, 3.63) is 28.7 Å². The summed E-state index contributed by atoms with van der Waals surface area (Å²) in [6.07, 6.45) is 3.71. The molecule has 0 atom stereocenters. The van der Waals surface area contributed by atoms with Crippen LogP contribution in [0.3, 0.4) is 0 Å². The molecule has 1 aliphatic carbocycles. The lowest BCUT2D eigenvalue weighted by atomic mass is 9.82. The predicted octanol–water partition coefficient (Wildman–Crippen LogP) is 3.78. The molecule has 1 saturated carbocycles. The SMILES string of the molecule is CN(CC1CCC(C(=O)O)CC1)c1ccc(Br)cc1. The standard InChI is InChI=1S/C15H20BrNO2/c1-17(14-8-6-13(16)7-9-14)10-11-2-4-12(5-3-11)15(18)19/h6-9,11-12H,2-5,10H2,1H3,(H,18,19). The van der Waals surface area contributed by atoms with Gasteiger partial charge in [0.2, 0.25) is 0 Å². The third-order valence-electron chi connectivity index (χ3n) is 4.00. The second-order valence-corrected chi connectivity index (χ2v) is 6.33. The van der Waals surface area contributed by atoms with Crippen molar-refractivity contribution >= 4 is 27.6 Å². The van der Waals surface area contributed by atoms with Crippen LogP contribution in [0.4, 0.5) is 5.69 Å². The van der Waals surface area contributed by atoms with E-state index in [9.17, 15) is 4.79 Å². The number of benzene rings is 1. The molecule has 1 aromatic carbocycles. The summed E-state index contributed by atoms with van der Waals surface area (Å²) in [7, 11) is 2.10. The maximum absolute atomic E-state index is 10.9. The second kappa shape index (κ2) is 6.42. The van der Waals surface area contributed by atoms with Gasteiger partial charge in [0.1, 0.15) is 0 Å². The van der Waals surface area contributed by atoms with E-state index >= 15 is 0 Å². The van der Waals surface area contributed by atoms with Crippen LogP contribution in [0.2, 0.25) is 0 Å². The Morgan fingerprint density at radius 1 is 1.26 bits per heavy atom. The summed E-state index contributed by atoms with van der Waals surface area (Å²) < 4.78 is 1.09. The van der Waals surface area contributed by atoms with Crippen LogP contribution in [0.15, 0.2) is 28.7 Å². The van der Waals surface area contributed by atoms with E-state index in [0.717, 1.165) is 36.7 Å². The van der Waals surface area contributed by atoms with E-state index in [0.29, 0.717) is 5.92 Å². The minimum Gasteiger partial charge on any atom is -0.481 e. The van der Waals surface area contributed by atoms with Crippen molar-refractivity contribution in [1.82, 2.24) is 0 Å². The highest BCUT2D eigenvalue weighted by molar-refractivity contribution is 9.10. The van der Waals surface area contributed by atoms with E-state index in [1.165, 1.54) is 5.69 Å². The first kappa shape index (κ1) is 14.4. The first-order valence-corrected chi connectivity index (χ1v) is 7.55. The predicted molar refractivity (Wildman–Crippen MR) is 80.5 cm³/mol. The van der Waals surface area contributed by atoms with E-state index in [2.05, 4.69) is 40.0 Å². The van der Waals surface area contributed by atoms with Gasteiger partial charge in [-0.25, -0.2) is 0 Å². The molecule has 1 aliphatic rings. The lowest BCUT2D eigenvalue weighted by Gasteiger charge is -2.30. The maximum atomic E-state index is 10.9. The molecule has 0 aliphatic heterocycles. The topological polar surface area (TPSA) is 40.5 Å². The number of hydrogen-bond acceptors (Lipinski definition) is 2. The number of halogens is 1. The zero-order valence-electron chi connectivity index (χ0n) is 11.2. The molecular weight excluding hydrogens is 306 g/mol. The van der Waals surface area contributed by atoms with Crippen molar-refractivity contribution in [3.8, 4) is 0 Å².